The van der Waals surface area contributed by atoms with Crippen molar-refractivity contribution in [2.45, 2.75) is 0 Å². The van der Waals surface area contributed by atoms with Crippen LogP contribution in [0.4, 0.5) is 0 Å². The van der Waals surface area contributed by atoms with Gasteiger partial charge in [-0.15, -0.1) is 0 Å². The quantitative estimate of drug-likeness (QED) is 0.198. The second kappa shape index (κ2) is 10.5. The number of hydrogen-bond donors (Lipinski definition) is 0. The normalized spacial score (nSPS) is 11.8. The first kappa shape index (κ1) is 26.6. The molecule has 0 aliphatic rings. The zero-order valence-corrected chi connectivity index (χ0v) is 25.7. The molecule has 0 saturated carbocycles. The molecule has 3 heterocycles. The van der Waals surface area contributed by atoms with Crippen molar-refractivity contribution in [1.82, 2.24) is 19.5 Å². The highest BCUT2D eigenvalue weighted by Crippen LogP contribution is 2.39. The van der Waals surface area contributed by atoms with Gasteiger partial charge in [-0.2, -0.15) is 0 Å². The highest BCUT2D eigenvalue weighted by atomic mass is 16.3. The number of benzene rings is 7. The lowest BCUT2D eigenvalue weighted by Crippen LogP contribution is -2.03. The van der Waals surface area contributed by atoms with Crippen molar-refractivity contribution in [1.29, 1.82) is 0 Å². The van der Waals surface area contributed by atoms with Crippen LogP contribution in [0.3, 0.4) is 0 Å². The summed E-state index contributed by atoms with van der Waals surface area (Å²) in [5.74, 6) is 1.80. The molecule has 5 heteroatoms. The van der Waals surface area contributed by atoms with E-state index in [0.717, 1.165) is 55.3 Å². The predicted molar refractivity (Wildman–Crippen MR) is 195 cm³/mol. The first-order valence-electron chi connectivity index (χ1n) is 16.0. The molecule has 0 atom stereocenters. The van der Waals surface area contributed by atoms with Gasteiger partial charge in [0.2, 0.25) is 0 Å². The van der Waals surface area contributed by atoms with E-state index in [4.69, 9.17) is 19.4 Å². The summed E-state index contributed by atoms with van der Waals surface area (Å²) in [4.78, 5) is 15.3. The summed E-state index contributed by atoms with van der Waals surface area (Å²) in [5.41, 5.74) is 7.63. The number of para-hydroxylation sites is 3. The number of furan rings is 1. The minimum absolute atomic E-state index is 0.587. The van der Waals surface area contributed by atoms with Crippen molar-refractivity contribution in [2.75, 3.05) is 0 Å². The fourth-order valence-corrected chi connectivity index (χ4v) is 7.06. The molecule has 0 aliphatic carbocycles. The summed E-state index contributed by atoms with van der Waals surface area (Å²) in [7, 11) is 0. The Morgan fingerprint density at radius 3 is 1.98 bits per heavy atom. The van der Waals surface area contributed by atoms with E-state index >= 15 is 0 Å². The first-order chi connectivity index (χ1) is 23.8. The zero-order chi connectivity index (χ0) is 31.6. The summed E-state index contributed by atoms with van der Waals surface area (Å²) >= 11 is 0. The molecule has 3 aromatic heterocycles. The van der Waals surface area contributed by atoms with E-state index in [2.05, 4.69) is 102 Å². The molecule has 48 heavy (non-hydrogen) atoms. The van der Waals surface area contributed by atoms with Crippen molar-refractivity contribution in [2.24, 2.45) is 0 Å². The molecule has 0 spiro atoms. The van der Waals surface area contributed by atoms with Crippen LogP contribution in [0.5, 0.6) is 0 Å². The van der Waals surface area contributed by atoms with Gasteiger partial charge in [0.25, 0.3) is 0 Å². The van der Waals surface area contributed by atoms with Crippen molar-refractivity contribution < 1.29 is 4.42 Å². The van der Waals surface area contributed by atoms with Crippen LogP contribution in [-0.2, 0) is 0 Å². The Hall–Kier alpha value is -6.59. The van der Waals surface area contributed by atoms with Gasteiger partial charge >= 0.3 is 0 Å². The molecular weight excluding hydrogens is 589 g/mol. The molecular formula is C43H26N4O. The summed E-state index contributed by atoms with van der Waals surface area (Å²) < 4.78 is 8.60. The molecule has 0 unspecified atom stereocenters. The average Bonchev–Trinajstić information content (AvgIpc) is 3.70. The monoisotopic (exact) mass is 614 g/mol. The van der Waals surface area contributed by atoms with E-state index in [-0.39, 0.29) is 0 Å². The van der Waals surface area contributed by atoms with Crippen LogP contribution in [-0.4, -0.2) is 19.5 Å². The summed E-state index contributed by atoms with van der Waals surface area (Å²) in [6.07, 6.45) is 0. The van der Waals surface area contributed by atoms with E-state index in [1.54, 1.807) is 0 Å². The van der Waals surface area contributed by atoms with Gasteiger partial charge in [-0.3, -0.25) is 0 Å². The number of rotatable bonds is 4. The number of fused-ring (bicyclic) bond motifs is 8. The lowest BCUT2D eigenvalue weighted by molar-refractivity contribution is 0.669. The summed E-state index contributed by atoms with van der Waals surface area (Å²) in [6.45, 7) is 0. The summed E-state index contributed by atoms with van der Waals surface area (Å²) in [5, 5.41) is 7.05. The Kier molecular flexibility index (Phi) is 5.81. The molecule has 0 fully saturated rings. The van der Waals surface area contributed by atoms with Crippen molar-refractivity contribution in [3.05, 3.63) is 158 Å². The summed E-state index contributed by atoms with van der Waals surface area (Å²) in [6, 6.07) is 54.5. The third-order valence-electron chi connectivity index (χ3n) is 9.25. The lowest BCUT2D eigenvalue weighted by atomic mass is 10.0. The number of hydrogen-bond acceptors (Lipinski definition) is 4. The minimum Gasteiger partial charge on any atom is -0.456 e. The van der Waals surface area contributed by atoms with Gasteiger partial charge in [-0.25, -0.2) is 15.0 Å². The van der Waals surface area contributed by atoms with Crippen LogP contribution in [0.25, 0.3) is 94.4 Å². The van der Waals surface area contributed by atoms with Crippen molar-refractivity contribution >= 4 is 54.5 Å². The van der Waals surface area contributed by atoms with E-state index in [1.165, 1.54) is 21.5 Å². The number of nitrogens with zero attached hydrogens (tertiary/aromatic N) is 4. The molecule has 0 amide bonds. The molecule has 10 rings (SSSR count). The topological polar surface area (TPSA) is 56.7 Å². The Bertz CT molecular complexity index is 2850. The smallest absolute Gasteiger partial charge is 0.166 e. The lowest BCUT2D eigenvalue weighted by Gasteiger charge is -2.14. The zero-order valence-electron chi connectivity index (χ0n) is 25.7. The largest absolute Gasteiger partial charge is 0.456 e. The van der Waals surface area contributed by atoms with Gasteiger partial charge in [0.1, 0.15) is 11.2 Å². The molecule has 10 aromatic rings. The van der Waals surface area contributed by atoms with E-state index in [9.17, 15) is 0 Å². The van der Waals surface area contributed by atoms with Crippen LogP contribution in [0.15, 0.2) is 162 Å². The second-order valence-corrected chi connectivity index (χ2v) is 12.0. The first-order valence-corrected chi connectivity index (χ1v) is 16.0. The second-order valence-electron chi connectivity index (χ2n) is 12.0. The van der Waals surface area contributed by atoms with Gasteiger partial charge in [-0.05, 0) is 53.2 Å². The van der Waals surface area contributed by atoms with Crippen LogP contribution in [0.1, 0.15) is 0 Å². The Morgan fingerprint density at radius 1 is 0.417 bits per heavy atom. The van der Waals surface area contributed by atoms with Crippen LogP contribution in [0, 0.1) is 0 Å². The Balaban J connectivity index is 1.23. The SMILES string of the molecule is c1ccc(-c2nc(-c3ccc4c(c3)oc3ccccc34)nc(-c3ccccc3-n3c4ccccc4c4c5ccccc5ccc43)n2)cc1. The van der Waals surface area contributed by atoms with Gasteiger partial charge < -0.3 is 8.98 Å². The molecule has 224 valence electrons. The van der Waals surface area contributed by atoms with Crippen molar-refractivity contribution in [3.8, 4) is 39.9 Å². The molecule has 0 saturated heterocycles. The fourth-order valence-electron chi connectivity index (χ4n) is 7.06. The van der Waals surface area contributed by atoms with E-state index in [1.807, 2.05) is 60.7 Å². The maximum Gasteiger partial charge on any atom is 0.166 e. The van der Waals surface area contributed by atoms with Gasteiger partial charge in [0.15, 0.2) is 17.5 Å². The maximum atomic E-state index is 6.25. The van der Waals surface area contributed by atoms with Crippen molar-refractivity contribution in [3.63, 3.8) is 0 Å². The fraction of sp³-hybridized carbons (Fsp3) is 0. The van der Waals surface area contributed by atoms with Gasteiger partial charge in [-0.1, -0.05) is 115 Å². The third kappa shape index (κ3) is 4.08. The van der Waals surface area contributed by atoms with Gasteiger partial charge in [0.05, 0.1) is 16.7 Å². The molecule has 0 aliphatic heterocycles. The number of aromatic nitrogens is 4. The van der Waals surface area contributed by atoms with Gasteiger partial charge in [0, 0.05) is 38.2 Å². The Morgan fingerprint density at radius 2 is 1.08 bits per heavy atom. The van der Waals surface area contributed by atoms with E-state index in [0.29, 0.717) is 17.5 Å². The maximum absolute atomic E-state index is 6.25. The van der Waals surface area contributed by atoms with Crippen LogP contribution in [0.2, 0.25) is 0 Å². The highest BCUT2D eigenvalue weighted by molar-refractivity contribution is 6.21. The predicted octanol–water partition coefficient (Wildman–Crippen LogP) is 11.0. The van der Waals surface area contributed by atoms with E-state index < -0.39 is 0 Å². The minimum atomic E-state index is 0.587. The third-order valence-corrected chi connectivity index (χ3v) is 9.25. The van der Waals surface area contributed by atoms with Crippen LogP contribution >= 0.6 is 0 Å². The molecule has 0 radical (unpaired) electrons. The molecule has 7 aromatic carbocycles. The highest BCUT2D eigenvalue weighted by Gasteiger charge is 2.20. The molecule has 0 N–H and O–H groups in total. The molecule has 0 bridgehead atoms. The Labute approximate surface area is 275 Å². The standard InChI is InChI=1S/C43H26N4O/c1-2-13-28(14-3-1)41-44-42(29-22-24-32-31-16-8-11-21-38(31)48-39(32)26-29)46-43(45-41)34-18-7-10-20-36(34)47-35-19-9-6-17-33(35)40-30-15-5-4-12-27(30)23-25-37(40)47/h1-26H. The molecule has 5 nitrogen and oxygen atoms in total. The van der Waals surface area contributed by atoms with Crippen LogP contribution < -0.4 is 0 Å². The average molecular weight is 615 g/mol.